The Morgan fingerprint density at radius 3 is 2.81 bits per heavy atom. The molecule has 0 radical (unpaired) electrons. The van der Waals surface area contributed by atoms with Crippen molar-refractivity contribution in [2.45, 2.75) is 12.3 Å². The highest BCUT2D eigenvalue weighted by Crippen LogP contribution is 2.09. The summed E-state index contributed by atoms with van der Waals surface area (Å²) >= 11 is 4.88. The maximum Gasteiger partial charge on any atom is 0.216 e. The monoisotopic (exact) mass is 324 g/mol. The Balaban J connectivity index is 2.03. The Kier molecular flexibility index (Phi) is 4.71. The van der Waals surface area contributed by atoms with Gasteiger partial charge in [0.25, 0.3) is 0 Å². The Labute approximate surface area is 129 Å². The summed E-state index contributed by atoms with van der Waals surface area (Å²) in [5.74, 6) is -0.121. The molecule has 2 rings (SSSR count). The average molecular weight is 324 g/mol. The SMILES string of the molecule is Cn1cc(CNS(=O)(=O)Cc2cccc(C(N)=S)c2)cn1. The van der Waals surface area contributed by atoms with Crippen LogP contribution in [0.1, 0.15) is 16.7 Å². The molecule has 0 saturated carbocycles. The van der Waals surface area contributed by atoms with Gasteiger partial charge in [-0.05, 0) is 11.6 Å². The Hall–Kier alpha value is -1.77. The molecule has 8 heteroatoms. The molecule has 2 aromatic rings. The fraction of sp³-hybridized carbons (Fsp3) is 0.231. The molecule has 0 atom stereocenters. The first-order valence-corrected chi connectivity index (χ1v) is 8.25. The third-order valence-electron chi connectivity index (χ3n) is 2.82. The van der Waals surface area contributed by atoms with Crippen LogP contribution in [0.3, 0.4) is 0 Å². The summed E-state index contributed by atoms with van der Waals surface area (Å²) in [6.07, 6.45) is 3.38. The number of thiocarbonyl (C=S) groups is 1. The van der Waals surface area contributed by atoms with E-state index in [-0.39, 0.29) is 17.3 Å². The van der Waals surface area contributed by atoms with Gasteiger partial charge < -0.3 is 5.73 Å². The lowest BCUT2D eigenvalue weighted by Crippen LogP contribution is -2.24. The van der Waals surface area contributed by atoms with Gasteiger partial charge >= 0.3 is 0 Å². The van der Waals surface area contributed by atoms with E-state index < -0.39 is 10.0 Å². The molecule has 1 heterocycles. The van der Waals surface area contributed by atoms with Crippen LogP contribution in [-0.2, 0) is 29.4 Å². The summed E-state index contributed by atoms with van der Waals surface area (Å²) in [5, 5.41) is 3.99. The summed E-state index contributed by atoms with van der Waals surface area (Å²) in [7, 11) is -1.66. The number of hydrogen-bond acceptors (Lipinski definition) is 4. The molecule has 0 fully saturated rings. The minimum Gasteiger partial charge on any atom is -0.389 e. The fourth-order valence-corrected chi connectivity index (χ4v) is 3.08. The second-order valence-electron chi connectivity index (χ2n) is 4.67. The minimum absolute atomic E-state index is 0.121. The van der Waals surface area contributed by atoms with Gasteiger partial charge in [-0.2, -0.15) is 5.10 Å². The van der Waals surface area contributed by atoms with E-state index in [2.05, 4.69) is 9.82 Å². The van der Waals surface area contributed by atoms with Gasteiger partial charge in [-0.15, -0.1) is 0 Å². The second kappa shape index (κ2) is 6.33. The van der Waals surface area contributed by atoms with Crippen molar-refractivity contribution in [3.63, 3.8) is 0 Å². The molecule has 112 valence electrons. The molecule has 0 unspecified atom stereocenters. The van der Waals surface area contributed by atoms with E-state index in [1.54, 1.807) is 48.4 Å². The van der Waals surface area contributed by atoms with Crippen molar-refractivity contribution in [3.05, 3.63) is 53.3 Å². The number of nitrogens with zero attached hydrogens (tertiary/aromatic N) is 2. The molecule has 1 aromatic heterocycles. The van der Waals surface area contributed by atoms with Crippen LogP contribution in [0.25, 0.3) is 0 Å². The van der Waals surface area contributed by atoms with Crippen molar-refractivity contribution in [2.75, 3.05) is 0 Å². The van der Waals surface area contributed by atoms with Crippen LogP contribution in [0.4, 0.5) is 0 Å². The van der Waals surface area contributed by atoms with Crippen LogP contribution in [-0.4, -0.2) is 23.2 Å². The highest BCUT2D eigenvalue weighted by Gasteiger charge is 2.12. The Morgan fingerprint density at radius 2 is 2.19 bits per heavy atom. The van der Waals surface area contributed by atoms with Crippen molar-refractivity contribution in [3.8, 4) is 0 Å². The number of nitrogens with one attached hydrogen (secondary N) is 1. The molecule has 0 aliphatic carbocycles. The van der Waals surface area contributed by atoms with E-state index in [0.717, 1.165) is 5.56 Å². The summed E-state index contributed by atoms with van der Waals surface area (Å²) < 4.78 is 28.3. The number of hydrogen-bond donors (Lipinski definition) is 2. The van der Waals surface area contributed by atoms with Crippen molar-refractivity contribution >= 4 is 27.2 Å². The molecule has 21 heavy (non-hydrogen) atoms. The van der Waals surface area contributed by atoms with Gasteiger partial charge in [-0.1, -0.05) is 30.4 Å². The van der Waals surface area contributed by atoms with Gasteiger partial charge in [-0.25, -0.2) is 13.1 Å². The molecule has 0 aliphatic heterocycles. The van der Waals surface area contributed by atoms with Crippen LogP contribution in [0.2, 0.25) is 0 Å². The standard InChI is InChI=1S/C13H16N4O2S2/c1-17-8-11(6-15-17)7-16-21(18,19)9-10-3-2-4-12(5-10)13(14)20/h2-6,8,16H,7,9H2,1H3,(H2,14,20). The number of sulfonamides is 1. The van der Waals surface area contributed by atoms with Gasteiger partial charge in [0.05, 0.1) is 11.9 Å². The largest absolute Gasteiger partial charge is 0.389 e. The van der Waals surface area contributed by atoms with Gasteiger partial charge in [0.1, 0.15) is 4.99 Å². The molecular formula is C13H16N4O2S2. The molecule has 0 aliphatic rings. The maximum atomic E-state index is 12.1. The molecule has 6 nitrogen and oxygen atoms in total. The Morgan fingerprint density at radius 1 is 1.43 bits per heavy atom. The van der Waals surface area contributed by atoms with Crippen LogP contribution in [0, 0.1) is 0 Å². The first-order valence-electron chi connectivity index (χ1n) is 6.19. The summed E-state index contributed by atoms with van der Waals surface area (Å²) in [6.45, 7) is 0.213. The van der Waals surface area contributed by atoms with Crippen LogP contribution >= 0.6 is 12.2 Å². The van der Waals surface area contributed by atoms with Crippen molar-refractivity contribution < 1.29 is 8.42 Å². The zero-order valence-corrected chi connectivity index (χ0v) is 13.1. The number of aromatic nitrogens is 2. The van der Waals surface area contributed by atoms with Crippen molar-refractivity contribution in [2.24, 2.45) is 12.8 Å². The lowest BCUT2D eigenvalue weighted by molar-refractivity contribution is 0.580. The number of benzene rings is 1. The zero-order chi connectivity index (χ0) is 15.5. The van der Waals surface area contributed by atoms with Gasteiger partial charge in [0, 0.05) is 30.9 Å². The van der Waals surface area contributed by atoms with Crippen LogP contribution in [0.5, 0.6) is 0 Å². The molecule has 3 N–H and O–H groups in total. The quantitative estimate of drug-likeness (QED) is 0.763. The van der Waals surface area contributed by atoms with E-state index in [1.165, 1.54) is 0 Å². The smallest absolute Gasteiger partial charge is 0.216 e. The summed E-state index contributed by atoms with van der Waals surface area (Å²) in [6, 6.07) is 6.90. The van der Waals surface area contributed by atoms with Crippen molar-refractivity contribution in [1.29, 1.82) is 0 Å². The van der Waals surface area contributed by atoms with Gasteiger partial charge in [0.15, 0.2) is 0 Å². The van der Waals surface area contributed by atoms with E-state index in [9.17, 15) is 8.42 Å². The highest BCUT2D eigenvalue weighted by atomic mass is 32.2. The number of nitrogens with two attached hydrogens (primary N) is 1. The molecule has 0 saturated heterocycles. The van der Waals surface area contributed by atoms with E-state index in [1.807, 2.05) is 0 Å². The van der Waals surface area contributed by atoms with E-state index in [4.69, 9.17) is 18.0 Å². The summed E-state index contributed by atoms with van der Waals surface area (Å²) in [5.41, 5.74) is 7.64. The van der Waals surface area contributed by atoms with Crippen LogP contribution in [0.15, 0.2) is 36.7 Å². The minimum atomic E-state index is -3.44. The first kappa shape index (κ1) is 15.6. The average Bonchev–Trinajstić information content (AvgIpc) is 2.82. The highest BCUT2D eigenvalue weighted by molar-refractivity contribution is 7.88. The topological polar surface area (TPSA) is 90.0 Å². The molecular weight excluding hydrogens is 308 g/mol. The van der Waals surface area contributed by atoms with Crippen LogP contribution < -0.4 is 10.5 Å². The summed E-state index contributed by atoms with van der Waals surface area (Å²) in [4.78, 5) is 0.248. The first-order chi connectivity index (χ1) is 9.85. The predicted octanol–water partition coefficient (Wildman–Crippen LogP) is 0.674. The fourth-order valence-electron chi connectivity index (χ4n) is 1.84. The van der Waals surface area contributed by atoms with Gasteiger partial charge in [-0.3, -0.25) is 4.68 Å². The van der Waals surface area contributed by atoms with E-state index >= 15 is 0 Å². The maximum absolute atomic E-state index is 12.1. The number of aryl methyl sites for hydroxylation is 1. The van der Waals surface area contributed by atoms with E-state index in [0.29, 0.717) is 11.1 Å². The number of rotatable bonds is 6. The normalized spacial score (nSPS) is 11.5. The van der Waals surface area contributed by atoms with Gasteiger partial charge in [0.2, 0.25) is 10.0 Å². The lowest BCUT2D eigenvalue weighted by Gasteiger charge is -2.07. The predicted molar refractivity (Wildman–Crippen MR) is 85.0 cm³/mol. The van der Waals surface area contributed by atoms with Crippen molar-refractivity contribution in [1.82, 2.24) is 14.5 Å². The third-order valence-corrected chi connectivity index (χ3v) is 4.36. The Bertz CT molecular complexity index is 753. The molecule has 0 spiro atoms. The molecule has 0 bridgehead atoms. The molecule has 0 amide bonds. The second-order valence-corrected chi connectivity index (χ2v) is 6.91. The third kappa shape index (κ3) is 4.62. The lowest BCUT2D eigenvalue weighted by atomic mass is 10.1. The zero-order valence-electron chi connectivity index (χ0n) is 11.5. The molecule has 1 aromatic carbocycles.